The van der Waals surface area contributed by atoms with Crippen molar-refractivity contribution in [2.75, 3.05) is 20.2 Å². The van der Waals surface area contributed by atoms with Crippen LogP contribution in [0.4, 0.5) is 9.18 Å². The molecule has 0 bridgehead atoms. The highest BCUT2D eigenvalue weighted by Crippen LogP contribution is 2.36. The summed E-state index contributed by atoms with van der Waals surface area (Å²) in [4.78, 5) is 18.2. The molecule has 2 amide bonds. The van der Waals surface area contributed by atoms with Crippen molar-refractivity contribution in [2.24, 2.45) is 0 Å². The molecule has 7 heteroatoms. The van der Waals surface area contributed by atoms with E-state index in [9.17, 15) is 4.79 Å². The molecule has 1 atom stereocenters. The maximum absolute atomic E-state index is 15.5. The Labute approximate surface area is 192 Å². The zero-order chi connectivity index (χ0) is 22.7. The average Bonchev–Trinajstić information content (AvgIpc) is 3.15. The van der Waals surface area contributed by atoms with E-state index in [2.05, 4.69) is 10.3 Å². The summed E-state index contributed by atoms with van der Waals surface area (Å²) in [6.45, 7) is 3.26. The lowest BCUT2D eigenvalue weighted by atomic mass is 9.97. The number of rotatable bonds is 7. The van der Waals surface area contributed by atoms with Gasteiger partial charge < -0.3 is 15.0 Å². The van der Waals surface area contributed by atoms with Gasteiger partial charge in [0.1, 0.15) is 11.6 Å². The van der Waals surface area contributed by atoms with Crippen LogP contribution in [-0.4, -0.2) is 42.2 Å². The first-order valence-electron chi connectivity index (χ1n) is 10.6. The molecule has 1 aliphatic rings. The van der Waals surface area contributed by atoms with Gasteiger partial charge in [0.05, 0.1) is 18.7 Å². The number of hydrogen-bond acceptors (Lipinski definition) is 3. The van der Waals surface area contributed by atoms with E-state index in [0.717, 1.165) is 11.3 Å². The highest BCUT2D eigenvalue weighted by Gasteiger charge is 2.29. The zero-order valence-electron chi connectivity index (χ0n) is 18.1. The summed E-state index contributed by atoms with van der Waals surface area (Å²) in [7, 11) is 1.53. The first-order valence-corrected chi connectivity index (χ1v) is 11.0. The Kier molecular flexibility index (Phi) is 6.61. The van der Waals surface area contributed by atoms with Crippen LogP contribution in [0.15, 0.2) is 54.7 Å². The Balaban J connectivity index is 1.54. The Morgan fingerprint density at radius 3 is 2.78 bits per heavy atom. The molecule has 0 spiro atoms. The summed E-state index contributed by atoms with van der Waals surface area (Å²) in [6, 6.07) is 14.6. The number of urea groups is 1. The van der Waals surface area contributed by atoms with Crippen molar-refractivity contribution in [2.45, 2.75) is 25.8 Å². The minimum Gasteiger partial charge on any atom is -0.496 e. The molecule has 1 aromatic heterocycles. The molecular formula is C25H25ClFN3O2. The lowest BCUT2D eigenvalue weighted by Crippen LogP contribution is -2.35. The van der Waals surface area contributed by atoms with Gasteiger partial charge in [-0.15, -0.1) is 0 Å². The third-order valence-electron chi connectivity index (χ3n) is 5.77. The second-order valence-corrected chi connectivity index (χ2v) is 8.23. The molecule has 166 valence electrons. The quantitative estimate of drug-likeness (QED) is 0.541. The van der Waals surface area contributed by atoms with Crippen LogP contribution in [0.2, 0.25) is 5.02 Å². The minimum atomic E-state index is -0.329. The molecule has 1 fully saturated rings. The van der Waals surface area contributed by atoms with Gasteiger partial charge in [0.15, 0.2) is 0 Å². The van der Waals surface area contributed by atoms with Crippen LogP contribution in [0.5, 0.6) is 5.75 Å². The number of likely N-dealkylation sites (N-methyl/N-ethyl adjacent to an activating group) is 1. The lowest BCUT2D eigenvalue weighted by Gasteiger charge is -2.20. The summed E-state index contributed by atoms with van der Waals surface area (Å²) >= 11 is 6.12. The monoisotopic (exact) mass is 453 g/mol. The van der Waals surface area contributed by atoms with E-state index in [1.54, 1.807) is 36.5 Å². The Morgan fingerprint density at radius 2 is 2.09 bits per heavy atom. The number of pyridine rings is 1. The number of hydrogen-bond donors (Lipinski definition) is 1. The molecule has 2 heterocycles. The summed E-state index contributed by atoms with van der Waals surface area (Å²) < 4.78 is 20.9. The molecular weight excluding hydrogens is 429 g/mol. The van der Waals surface area contributed by atoms with Crippen LogP contribution in [-0.2, 0) is 12.8 Å². The van der Waals surface area contributed by atoms with Crippen LogP contribution >= 0.6 is 11.6 Å². The van der Waals surface area contributed by atoms with E-state index in [4.69, 9.17) is 16.3 Å². The molecule has 0 saturated carbocycles. The number of ether oxygens (including phenoxy) is 1. The van der Waals surface area contributed by atoms with Crippen molar-refractivity contribution in [3.05, 3.63) is 82.4 Å². The number of aromatic nitrogens is 1. The molecule has 1 unspecified atom stereocenters. The smallest absolute Gasteiger partial charge is 0.317 e. The molecule has 0 radical (unpaired) electrons. The third kappa shape index (κ3) is 4.55. The standard InChI is InChI=1S/C25H25ClFN3O2/c1-3-30-21(15-29-25(30)31)13-20-9-7-16(14-28-20)11-18-8-10-22(32-2)23(24(18)27)17-5-4-6-19(26)12-17/h4-10,12,14,21H,3,11,13,15H2,1-2H3,(H,29,31). The molecule has 5 nitrogen and oxygen atoms in total. The van der Waals surface area contributed by atoms with Gasteiger partial charge in [0.2, 0.25) is 0 Å². The Hall–Kier alpha value is -3.12. The van der Waals surface area contributed by atoms with Crippen LogP contribution in [0.25, 0.3) is 11.1 Å². The number of nitrogens with zero attached hydrogens (tertiary/aromatic N) is 2. The molecule has 2 aromatic carbocycles. The van der Waals surface area contributed by atoms with Gasteiger partial charge in [-0.05, 0) is 47.9 Å². The van der Waals surface area contributed by atoms with Gasteiger partial charge in [0.25, 0.3) is 0 Å². The predicted molar refractivity (Wildman–Crippen MR) is 124 cm³/mol. The van der Waals surface area contributed by atoms with E-state index in [1.165, 1.54) is 7.11 Å². The second-order valence-electron chi connectivity index (χ2n) is 7.79. The first-order chi connectivity index (χ1) is 15.5. The van der Waals surface area contributed by atoms with Gasteiger partial charge in [-0.1, -0.05) is 35.9 Å². The maximum atomic E-state index is 15.5. The normalized spacial score (nSPS) is 15.7. The van der Waals surface area contributed by atoms with Crippen molar-refractivity contribution < 1.29 is 13.9 Å². The highest BCUT2D eigenvalue weighted by molar-refractivity contribution is 6.30. The summed E-state index contributed by atoms with van der Waals surface area (Å²) in [5, 5.41) is 3.41. The number of amides is 2. The zero-order valence-corrected chi connectivity index (χ0v) is 18.8. The van der Waals surface area contributed by atoms with Crippen LogP contribution < -0.4 is 10.1 Å². The van der Waals surface area contributed by atoms with E-state index >= 15 is 4.39 Å². The van der Waals surface area contributed by atoms with E-state index in [1.807, 2.05) is 30.0 Å². The largest absolute Gasteiger partial charge is 0.496 e. The molecule has 32 heavy (non-hydrogen) atoms. The molecule has 1 aliphatic heterocycles. The maximum Gasteiger partial charge on any atom is 0.317 e. The topological polar surface area (TPSA) is 54.5 Å². The Morgan fingerprint density at radius 1 is 1.25 bits per heavy atom. The minimum absolute atomic E-state index is 0.0281. The van der Waals surface area contributed by atoms with Gasteiger partial charge in [0, 0.05) is 42.8 Å². The molecule has 0 aliphatic carbocycles. The molecule has 4 rings (SSSR count). The van der Waals surface area contributed by atoms with Crippen molar-refractivity contribution >= 4 is 17.6 Å². The number of benzene rings is 2. The van der Waals surface area contributed by atoms with Crippen LogP contribution in [0.1, 0.15) is 23.7 Å². The van der Waals surface area contributed by atoms with Gasteiger partial charge in [-0.25, -0.2) is 9.18 Å². The van der Waals surface area contributed by atoms with Gasteiger partial charge >= 0.3 is 6.03 Å². The third-order valence-corrected chi connectivity index (χ3v) is 6.01. The van der Waals surface area contributed by atoms with E-state index in [-0.39, 0.29) is 17.9 Å². The number of carbonyl (C=O) groups is 1. The van der Waals surface area contributed by atoms with Gasteiger partial charge in [-0.3, -0.25) is 4.98 Å². The number of nitrogens with one attached hydrogen (secondary N) is 1. The van der Waals surface area contributed by atoms with Gasteiger partial charge in [-0.2, -0.15) is 0 Å². The fourth-order valence-electron chi connectivity index (χ4n) is 4.13. The van der Waals surface area contributed by atoms with Crippen LogP contribution in [0, 0.1) is 5.82 Å². The molecule has 1 N–H and O–H groups in total. The van der Waals surface area contributed by atoms with Crippen molar-refractivity contribution in [1.29, 1.82) is 0 Å². The highest BCUT2D eigenvalue weighted by atomic mass is 35.5. The number of halogens is 2. The molecule has 3 aromatic rings. The van der Waals surface area contributed by atoms with Crippen LogP contribution in [0.3, 0.4) is 0 Å². The van der Waals surface area contributed by atoms with Crippen molar-refractivity contribution in [1.82, 2.24) is 15.2 Å². The number of carbonyl (C=O) groups excluding carboxylic acids is 1. The summed E-state index contributed by atoms with van der Waals surface area (Å²) in [5.74, 6) is 0.131. The van der Waals surface area contributed by atoms with Crippen molar-refractivity contribution in [3.8, 4) is 16.9 Å². The average molecular weight is 454 g/mol. The fourth-order valence-corrected chi connectivity index (χ4v) is 4.32. The fraction of sp³-hybridized carbons (Fsp3) is 0.280. The first kappa shape index (κ1) is 22.1. The van der Waals surface area contributed by atoms with E-state index < -0.39 is 0 Å². The number of methoxy groups -OCH3 is 1. The Bertz CT molecular complexity index is 1120. The SMILES string of the molecule is CCN1C(=O)NCC1Cc1ccc(Cc2ccc(OC)c(-c3cccc(Cl)c3)c2F)cn1. The van der Waals surface area contributed by atoms with Crippen molar-refractivity contribution in [3.63, 3.8) is 0 Å². The van der Waals surface area contributed by atoms with E-state index in [0.29, 0.717) is 53.4 Å². The second kappa shape index (κ2) is 9.57. The lowest BCUT2D eigenvalue weighted by molar-refractivity contribution is 0.206. The molecule has 1 saturated heterocycles. The summed E-state index contributed by atoms with van der Waals surface area (Å²) in [5.41, 5.74) is 3.43. The summed E-state index contributed by atoms with van der Waals surface area (Å²) in [6.07, 6.45) is 2.86. The predicted octanol–water partition coefficient (Wildman–Crippen LogP) is 5.10.